The number of hydrogen-bond donors (Lipinski definition) is 4. The molecule has 4 aromatic rings. The number of halogens is 1. The van der Waals surface area contributed by atoms with Gasteiger partial charge in [-0.3, -0.25) is 4.79 Å². The number of rotatable bonds is 7. The molecule has 174 valence electrons. The van der Waals surface area contributed by atoms with Gasteiger partial charge in [-0.05, 0) is 61.8 Å². The van der Waals surface area contributed by atoms with Crippen molar-refractivity contribution in [1.29, 1.82) is 0 Å². The fraction of sp³-hybridized carbons (Fsp3) is 0.222. The highest BCUT2D eigenvalue weighted by Gasteiger charge is 2.17. The summed E-state index contributed by atoms with van der Waals surface area (Å²) < 4.78 is 5.88. The van der Waals surface area contributed by atoms with E-state index in [2.05, 4.69) is 20.9 Å². The Bertz CT molecular complexity index is 1280. The van der Waals surface area contributed by atoms with Crippen molar-refractivity contribution in [3.63, 3.8) is 0 Å². The van der Waals surface area contributed by atoms with Crippen LogP contribution in [-0.2, 0) is 6.61 Å². The predicted octanol–water partition coefficient (Wildman–Crippen LogP) is 5.82. The number of benzene rings is 3. The number of carbonyl (C=O) groups excluding carboxylic acids is 1. The van der Waals surface area contributed by atoms with Gasteiger partial charge in [0.15, 0.2) is 0 Å². The molecule has 6 nitrogen and oxygen atoms in total. The van der Waals surface area contributed by atoms with Gasteiger partial charge < -0.3 is 25.7 Å². The lowest BCUT2D eigenvalue weighted by Crippen LogP contribution is -2.35. The number of H-pyrrole nitrogens is 1. The average Bonchev–Trinajstić information content (AvgIpc) is 3.29. The molecule has 0 aliphatic carbocycles. The maximum Gasteiger partial charge on any atom is 0.272 e. The summed E-state index contributed by atoms with van der Waals surface area (Å²) in [4.78, 5) is 16.3. The van der Waals surface area contributed by atoms with Gasteiger partial charge in [0.1, 0.15) is 18.1 Å². The molecule has 0 bridgehead atoms. The maximum atomic E-state index is 13.0. The molecule has 4 N–H and O–H groups in total. The van der Waals surface area contributed by atoms with Crippen LogP contribution in [0.5, 0.6) is 5.75 Å². The number of hydrogen-bond acceptors (Lipinski definition) is 4. The standard InChI is InChI=1S/C27H27ClN4O2/c28-20-13-19-14-25(32-26(19)24(15-20)30-21-9-11-29-12-10-21)27(33)31-22-7-4-8-23(16-22)34-17-18-5-2-1-3-6-18/h1-8,13-16,21,29-30,32H,9-12,17H2,(H,31,33). The number of carbonyl (C=O) groups is 1. The van der Waals surface area contributed by atoms with E-state index in [1.54, 1.807) is 0 Å². The van der Waals surface area contributed by atoms with Crippen LogP contribution in [0.15, 0.2) is 72.8 Å². The first-order valence-corrected chi connectivity index (χ1v) is 11.9. The number of aromatic amines is 1. The minimum Gasteiger partial charge on any atom is -0.489 e. The zero-order valence-electron chi connectivity index (χ0n) is 18.7. The summed E-state index contributed by atoms with van der Waals surface area (Å²) in [6, 6.07) is 23.4. The minimum absolute atomic E-state index is 0.222. The molecule has 0 spiro atoms. The molecule has 1 aliphatic rings. The van der Waals surface area contributed by atoms with Gasteiger partial charge in [-0.15, -0.1) is 0 Å². The molecule has 1 fully saturated rings. The van der Waals surface area contributed by atoms with E-state index in [4.69, 9.17) is 16.3 Å². The second kappa shape index (κ2) is 10.2. The van der Waals surface area contributed by atoms with Crippen LogP contribution in [0, 0.1) is 0 Å². The molecule has 1 aromatic heterocycles. The molecule has 0 saturated carbocycles. The second-order valence-electron chi connectivity index (χ2n) is 8.53. The van der Waals surface area contributed by atoms with Crippen molar-refractivity contribution >= 4 is 39.8 Å². The molecule has 1 amide bonds. The third-order valence-corrected chi connectivity index (χ3v) is 6.19. The molecular weight excluding hydrogens is 448 g/mol. The van der Waals surface area contributed by atoms with E-state index in [-0.39, 0.29) is 5.91 Å². The van der Waals surface area contributed by atoms with Crippen molar-refractivity contribution in [2.45, 2.75) is 25.5 Å². The van der Waals surface area contributed by atoms with Gasteiger partial charge in [0, 0.05) is 28.2 Å². The Morgan fingerprint density at radius 3 is 2.65 bits per heavy atom. The van der Waals surface area contributed by atoms with Crippen molar-refractivity contribution in [2.24, 2.45) is 0 Å². The number of fused-ring (bicyclic) bond motifs is 1. The Morgan fingerprint density at radius 2 is 1.82 bits per heavy atom. The number of amides is 1. The lowest BCUT2D eigenvalue weighted by Gasteiger charge is -2.25. The molecule has 34 heavy (non-hydrogen) atoms. The third-order valence-electron chi connectivity index (χ3n) is 5.98. The summed E-state index contributed by atoms with van der Waals surface area (Å²) in [5, 5.41) is 11.5. The summed E-state index contributed by atoms with van der Waals surface area (Å²) in [7, 11) is 0. The summed E-state index contributed by atoms with van der Waals surface area (Å²) in [5.41, 5.74) is 4.03. The van der Waals surface area contributed by atoms with Crippen molar-refractivity contribution in [1.82, 2.24) is 10.3 Å². The summed E-state index contributed by atoms with van der Waals surface area (Å²) in [6.45, 7) is 2.45. The Hall–Kier alpha value is -3.48. The topological polar surface area (TPSA) is 78.2 Å². The second-order valence-corrected chi connectivity index (χ2v) is 8.96. The molecule has 0 radical (unpaired) electrons. The first kappa shape index (κ1) is 22.3. The van der Waals surface area contributed by atoms with Crippen LogP contribution >= 0.6 is 11.6 Å². The first-order valence-electron chi connectivity index (χ1n) is 11.5. The molecule has 0 unspecified atom stereocenters. The van der Waals surface area contributed by atoms with Crippen molar-refractivity contribution in [3.8, 4) is 5.75 Å². The number of anilines is 2. The van der Waals surface area contributed by atoms with E-state index in [9.17, 15) is 4.79 Å². The monoisotopic (exact) mass is 474 g/mol. The highest BCUT2D eigenvalue weighted by molar-refractivity contribution is 6.32. The largest absolute Gasteiger partial charge is 0.489 e. The predicted molar refractivity (Wildman–Crippen MR) is 138 cm³/mol. The molecule has 2 heterocycles. The summed E-state index contributed by atoms with van der Waals surface area (Å²) in [5.74, 6) is 0.471. The summed E-state index contributed by atoms with van der Waals surface area (Å²) >= 11 is 6.37. The van der Waals surface area contributed by atoms with E-state index in [0.717, 1.165) is 48.1 Å². The van der Waals surface area contributed by atoms with Crippen LogP contribution in [0.4, 0.5) is 11.4 Å². The van der Waals surface area contributed by atoms with Crippen LogP contribution in [0.3, 0.4) is 0 Å². The van der Waals surface area contributed by atoms with Crippen LogP contribution in [0.2, 0.25) is 5.02 Å². The number of ether oxygens (including phenoxy) is 1. The molecule has 0 atom stereocenters. The maximum absolute atomic E-state index is 13.0. The molecular formula is C27H27ClN4O2. The van der Waals surface area contributed by atoms with Gasteiger partial charge in [0.25, 0.3) is 5.91 Å². The van der Waals surface area contributed by atoms with Crippen LogP contribution in [0.25, 0.3) is 10.9 Å². The Labute approximate surface area is 203 Å². The highest BCUT2D eigenvalue weighted by Crippen LogP contribution is 2.30. The van der Waals surface area contributed by atoms with Crippen LogP contribution in [-0.4, -0.2) is 30.0 Å². The molecule has 1 aliphatic heterocycles. The normalized spacial score (nSPS) is 14.1. The Balaban J connectivity index is 1.30. The van der Waals surface area contributed by atoms with Crippen molar-refractivity contribution in [2.75, 3.05) is 23.7 Å². The number of piperidine rings is 1. The van der Waals surface area contributed by atoms with Gasteiger partial charge in [0.2, 0.25) is 0 Å². The van der Waals surface area contributed by atoms with E-state index in [1.807, 2.05) is 72.8 Å². The van der Waals surface area contributed by atoms with Gasteiger partial charge in [-0.2, -0.15) is 0 Å². The zero-order valence-corrected chi connectivity index (χ0v) is 19.5. The molecule has 1 saturated heterocycles. The van der Waals surface area contributed by atoms with E-state index < -0.39 is 0 Å². The fourth-order valence-electron chi connectivity index (χ4n) is 4.23. The lowest BCUT2D eigenvalue weighted by atomic mass is 10.1. The quantitative estimate of drug-likeness (QED) is 0.272. The average molecular weight is 475 g/mol. The van der Waals surface area contributed by atoms with Gasteiger partial charge in [-0.25, -0.2) is 0 Å². The highest BCUT2D eigenvalue weighted by atomic mass is 35.5. The van der Waals surface area contributed by atoms with Crippen LogP contribution < -0.4 is 20.7 Å². The zero-order chi connectivity index (χ0) is 23.3. The van der Waals surface area contributed by atoms with E-state index >= 15 is 0 Å². The van der Waals surface area contributed by atoms with Gasteiger partial charge in [0.05, 0.1) is 11.2 Å². The Morgan fingerprint density at radius 1 is 1.00 bits per heavy atom. The van der Waals surface area contributed by atoms with E-state index in [0.29, 0.717) is 34.8 Å². The summed E-state index contributed by atoms with van der Waals surface area (Å²) in [6.07, 6.45) is 2.09. The molecule has 7 heteroatoms. The molecule has 3 aromatic carbocycles. The minimum atomic E-state index is -0.222. The van der Waals surface area contributed by atoms with Crippen molar-refractivity contribution < 1.29 is 9.53 Å². The Kier molecular flexibility index (Phi) is 6.70. The van der Waals surface area contributed by atoms with Crippen LogP contribution in [0.1, 0.15) is 28.9 Å². The van der Waals surface area contributed by atoms with Gasteiger partial charge >= 0.3 is 0 Å². The fourth-order valence-corrected chi connectivity index (χ4v) is 4.46. The first-order chi connectivity index (χ1) is 16.6. The smallest absolute Gasteiger partial charge is 0.272 e. The molecule has 5 rings (SSSR count). The lowest BCUT2D eigenvalue weighted by molar-refractivity contribution is 0.102. The number of nitrogens with one attached hydrogen (secondary N) is 4. The van der Waals surface area contributed by atoms with Gasteiger partial charge in [-0.1, -0.05) is 48.0 Å². The van der Waals surface area contributed by atoms with E-state index in [1.165, 1.54) is 0 Å². The number of aromatic nitrogens is 1. The third kappa shape index (κ3) is 5.35. The van der Waals surface area contributed by atoms with Crippen molar-refractivity contribution in [3.05, 3.63) is 89.1 Å². The SMILES string of the molecule is O=C(Nc1cccc(OCc2ccccc2)c1)c1cc2cc(Cl)cc(NC3CCNCC3)c2[nH]1.